The number of halogens is 2. The van der Waals surface area contributed by atoms with Gasteiger partial charge in [-0.25, -0.2) is 4.79 Å². The van der Waals surface area contributed by atoms with Crippen LogP contribution in [0, 0.1) is 0 Å². The van der Waals surface area contributed by atoms with Crippen LogP contribution in [-0.4, -0.2) is 17.0 Å². The van der Waals surface area contributed by atoms with Crippen LogP contribution in [0.2, 0.25) is 5.22 Å². The van der Waals surface area contributed by atoms with E-state index in [1.807, 2.05) is 0 Å². The first-order valence-electron chi connectivity index (χ1n) is 5.07. The van der Waals surface area contributed by atoms with Crippen LogP contribution in [-0.2, 0) is 0 Å². The van der Waals surface area contributed by atoms with E-state index in [0.717, 1.165) is 0 Å². The predicted octanol–water partition coefficient (Wildman–Crippen LogP) is 3.65. The molecule has 1 aromatic carbocycles. The van der Waals surface area contributed by atoms with E-state index in [9.17, 15) is 9.59 Å². The van der Waals surface area contributed by atoms with Gasteiger partial charge < -0.3 is 14.8 Å². The van der Waals surface area contributed by atoms with E-state index in [1.165, 1.54) is 24.3 Å². The second-order valence-corrected chi connectivity index (χ2v) is 4.84. The largest absolute Gasteiger partial charge is 0.478 e. The van der Waals surface area contributed by atoms with Crippen molar-refractivity contribution in [3.8, 4) is 0 Å². The number of carbonyl (C=O) groups excluding carboxylic acids is 1. The third kappa shape index (κ3) is 3.15. The summed E-state index contributed by atoms with van der Waals surface area (Å²) < 4.78 is 5.54. The van der Waals surface area contributed by atoms with Crippen molar-refractivity contribution < 1.29 is 19.1 Å². The summed E-state index contributed by atoms with van der Waals surface area (Å²) in [4.78, 5) is 22.9. The van der Waals surface area contributed by atoms with Gasteiger partial charge in [-0.15, -0.1) is 0 Å². The second-order valence-electron chi connectivity index (χ2n) is 3.55. The van der Waals surface area contributed by atoms with Gasteiger partial charge in [0.2, 0.25) is 0 Å². The molecule has 0 fully saturated rings. The summed E-state index contributed by atoms with van der Waals surface area (Å²) >= 11 is 8.73. The van der Waals surface area contributed by atoms with Gasteiger partial charge in [-0.3, -0.25) is 4.79 Å². The molecule has 0 aliphatic rings. The third-order valence-corrected chi connectivity index (χ3v) is 2.95. The van der Waals surface area contributed by atoms with E-state index < -0.39 is 11.9 Å². The molecule has 2 aromatic rings. The van der Waals surface area contributed by atoms with Crippen molar-refractivity contribution in [2.45, 2.75) is 0 Å². The molecule has 0 radical (unpaired) electrons. The maximum atomic E-state index is 11.8. The van der Waals surface area contributed by atoms with Crippen molar-refractivity contribution in [2.75, 3.05) is 5.32 Å². The summed E-state index contributed by atoms with van der Waals surface area (Å²) in [5.41, 5.74) is 0.147. The van der Waals surface area contributed by atoms with E-state index in [1.54, 1.807) is 6.07 Å². The molecule has 0 unspecified atom stereocenters. The number of hydrogen-bond donors (Lipinski definition) is 2. The van der Waals surface area contributed by atoms with Crippen molar-refractivity contribution in [3.63, 3.8) is 0 Å². The molecule has 7 heteroatoms. The number of carbonyl (C=O) groups is 2. The summed E-state index contributed by atoms with van der Waals surface area (Å²) in [5, 5.41) is 11.6. The molecule has 0 atom stereocenters. The second kappa shape index (κ2) is 5.46. The fraction of sp³-hybridized carbons (Fsp3) is 0. The molecule has 0 aliphatic heterocycles. The van der Waals surface area contributed by atoms with Crippen LogP contribution in [0.5, 0.6) is 0 Å². The van der Waals surface area contributed by atoms with Gasteiger partial charge >= 0.3 is 5.97 Å². The smallest absolute Gasteiger partial charge is 0.337 e. The van der Waals surface area contributed by atoms with Gasteiger partial charge in [0.25, 0.3) is 5.91 Å². The molecule has 0 bridgehead atoms. The molecule has 0 aliphatic carbocycles. The molecule has 0 saturated carbocycles. The van der Waals surface area contributed by atoms with Crippen molar-refractivity contribution >= 4 is 45.1 Å². The van der Waals surface area contributed by atoms with Crippen LogP contribution in [0.1, 0.15) is 20.9 Å². The predicted molar refractivity (Wildman–Crippen MR) is 72.8 cm³/mol. The number of carboxylic acids is 1. The Morgan fingerprint density at radius 3 is 2.58 bits per heavy atom. The lowest BCUT2D eigenvalue weighted by atomic mass is 10.2. The molecular weight excluding hydrogens is 337 g/mol. The molecule has 2 N–H and O–H groups in total. The Labute approximate surface area is 121 Å². The zero-order valence-corrected chi connectivity index (χ0v) is 11.7. The van der Waals surface area contributed by atoms with Gasteiger partial charge in [-0.2, -0.15) is 0 Å². The molecule has 5 nitrogen and oxygen atoms in total. The summed E-state index contributed by atoms with van der Waals surface area (Å²) in [6.07, 6.45) is 0. The Bertz CT molecular complexity index is 653. The molecule has 1 amide bonds. The van der Waals surface area contributed by atoms with Crippen LogP contribution < -0.4 is 5.32 Å². The Hall–Kier alpha value is -1.79. The van der Waals surface area contributed by atoms with Gasteiger partial charge in [0.1, 0.15) is 0 Å². The van der Waals surface area contributed by atoms with Crippen molar-refractivity contribution in [1.29, 1.82) is 0 Å². The fourth-order valence-corrected chi connectivity index (χ4v) is 1.93. The number of anilines is 1. The van der Waals surface area contributed by atoms with E-state index in [4.69, 9.17) is 21.1 Å². The number of rotatable bonds is 3. The maximum absolute atomic E-state index is 11.8. The fourth-order valence-electron chi connectivity index (χ4n) is 1.42. The van der Waals surface area contributed by atoms with E-state index in [0.29, 0.717) is 4.47 Å². The van der Waals surface area contributed by atoms with E-state index in [-0.39, 0.29) is 22.2 Å². The molecule has 19 heavy (non-hydrogen) atoms. The minimum atomic E-state index is -1.14. The van der Waals surface area contributed by atoms with Crippen molar-refractivity contribution in [3.05, 3.63) is 51.3 Å². The number of benzene rings is 1. The van der Waals surface area contributed by atoms with Crippen molar-refractivity contribution in [2.24, 2.45) is 0 Å². The van der Waals surface area contributed by atoms with E-state index in [2.05, 4.69) is 21.2 Å². The number of amides is 1. The maximum Gasteiger partial charge on any atom is 0.337 e. The van der Waals surface area contributed by atoms with Gasteiger partial charge in [-0.05, 0) is 41.9 Å². The summed E-state index contributed by atoms with van der Waals surface area (Å²) in [6, 6.07) is 7.33. The molecule has 1 heterocycles. The van der Waals surface area contributed by atoms with Crippen LogP contribution in [0.4, 0.5) is 5.69 Å². The van der Waals surface area contributed by atoms with Gasteiger partial charge in [0.15, 0.2) is 11.0 Å². The highest BCUT2D eigenvalue weighted by molar-refractivity contribution is 9.10. The zero-order chi connectivity index (χ0) is 14.0. The lowest BCUT2D eigenvalue weighted by Crippen LogP contribution is -2.14. The van der Waals surface area contributed by atoms with Crippen molar-refractivity contribution in [1.82, 2.24) is 0 Å². The quantitative estimate of drug-likeness (QED) is 0.891. The Morgan fingerprint density at radius 2 is 2.00 bits per heavy atom. The topological polar surface area (TPSA) is 79.5 Å². The molecule has 2 rings (SSSR count). The first-order chi connectivity index (χ1) is 8.97. The SMILES string of the molecule is O=C(Nc1ccc(Br)cc1C(=O)O)c1ccc(Cl)o1. The van der Waals surface area contributed by atoms with Gasteiger partial charge in [0, 0.05) is 4.47 Å². The van der Waals surface area contributed by atoms with Crippen LogP contribution in [0.25, 0.3) is 0 Å². The first kappa shape index (κ1) is 13.6. The number of hydrogen-bond acceptors (Lipinski definition) is 3. The average Bonchev–Trinajstić information content (AvgIpc) is 2.78. The summed E-state index contributed by atoms with van der Waals surface area (Å²) in [6.45, 7) is 0. The first-order valence-corrected chi connectivity index (χ1v) is 6.24. The highest BCUT2D eigenvalue weighted by atomic mass is 79.9. The number of nitrogens with one attached hydrogen (secondary N) is 1. The molecule has 98 valence electrons. The summed E-state index contributed by atoms with van der Waals surface area (Å²) in [5.74, 6) is -1.71. The number of aromatic carboxylic acids is 1. The Balaban J connectivity index is 2.28. The lowest BCUT2D eigenvalue weighted by molar-refractivity contribution is 0.0698. The third-order valence-electron chi connectivity index (χ3n) is 2.26. The highest BCUT2D eigenvalue weighted by Crippen LogP contribution is 2.22. The van der Waals surface area contributed by atoms with E-state index >= 15 is 0 Å². The minimum Gasteiger partial charge on any atom is -0.478 e. The minimum absolute atomic E-state index is 0.00394. The molecular formula is C12H7BrClNO4. The number of carboxylic acid groups (broad SMARTS) is 1. The summed E-state index contributed by atoms with van der Waals surface area (Å²) in [7, 11) is 0. The Kier molecular flexibility index (Phi) is 3.92. The highest BCUT2D eigenvalue weighted by Gasteiger charge is 2.16. The van der Waals surface area contributed by atoms with Crippen LogP contribution in [0.3, 0.4) is 0 Å². The molecule has 0 saturated heterocycles. The normalized spacial score (nSPS) is 10.2. The van der Waals surface area contributed by atoms with Gasteiger partial charge in [0.05, 0.1) is 11.3 Å². The standard InChI is InChI=1S/C12H7BrClNO4/c13-6-1-2-8(7(5-6)12(17)18)15-11(16)9-3-4-10(14)19-9/h1-5H,(H,15,16)(H,17,18). The number of furan rings is 1. The molecule has 0 spiro atoms. The van der Waals surface area contributed by atoms with Gasteiger partial charge in [-0.1, -0.05) is 15.9 Å². The average molecular weight is 345 g/mol. The van der Waals surface area contributed by atoms with Crippen LogP contribution in [0.15, 0.2) is 39.2 Å². The van der Waals surface area contributed by atoms with Crippen LogP contribution >= 0.6 is 27.5 Å². The molecule has 1 aromatic heterocycles. The zero-order valence-electron chi connectivity index (χ0n) is 9.31. The lowest BCUT2D eigenvalue weighted by Gasteiger charge is -2.07. The Morgan fingerprint density at radius 1 is 1.26 bits per heavy atom. The monoisotopic (exact) mass is 343 g/mol.